The summed E-state index contributed by atoms with van der Waals surface area (Å²) in [6, 6.07) is 15.7. The van der Waals surface area contributed by atoms with Crippen molar-refractivity contribution in [3.8, 4) is 0 Å². The zero-order valence-electron chi connectivity index (χ0n) is 48.1. The number of hydrogen-bond donors (Lipinski definition) is 6. The molecule has 18 heteroatoms. The van der Waals surface area contributed by atoms with Crippen LogP contribution >= 0.6 is 0 Å². The van der Waals surface area contributed by atoms with E-state index in [0.29, 0.717) is 77.3 Å². The molecule has 4 aliphatic heterocycles. The molecule has 8 rings (SSSR count). The van der Waals surface area contributed by atoms with Gasteiger partial charge < -0.3 is 51.5 Å². The third-order valence-corrected chi connectivity index (χ3v) is 18.7. The zero-order chi connectivity index (χ0) is 56.7. The van der Waals surface area contributed by atoms with E-state index in [1.165, 1.54) is 11.1 Å². The SMILES string of the molecule is CN[C@@H](C)C(=O)N[C@H]1CN(C(=O)CCCCCCCCC(=O)N2CC[C@H]3CC[C@@H](C(=O)N[C@H]4CCCC[C@@H]4c4ccccc4)N3C(=O)[C@@H](NC(=O)[C@H](C)NC)C2)CC[C@H]2CC[C@@H](C(=O)N[C@H]3CCCC[C@@H]3c3ccccc3)N2C1=O. The molecule has 8 amide bonds. The second kappa shape index (κ2) is 29.2. The Bertz CT molecular complexity index is 2260. The molecule has 18 nitrogen and oxygen atoms in total. The molecule has 4 saturated heterocycles. The summed E-state index contributed by atoms with van der Waals surface area (Å²) in [5, 5.41) is 18.5. The van der Waals surface area contributed by atoms with Crippen molar-refractivity contribution in [3.63, 3.8) is 0 Å². The van der Waals surface area contributed by atoms with Crippen molar-refractivity contribution >= 4 is 47.3 Å². The number of fused-ring (bicyclic) bond motifs is 2. The molecule has 438 valence electrons. The first-order chi connectivity index (χ1) is 38.8. The number of carbonyl (C=O) groups is 8. The fraction of sp³-hybridized carbons (Fsp3) is 0.677. The first kappa shape index (κ1) is 60.2. The van der Waals surface area contributed by atoms with Crippen molar-refractivity contribution in [2.24, 2.45) is 0 Å². The molecule has 0 aromatic heterocycles. The summed E-state index contributed by atoms with van der Waals surface area (Å²) >= 11 is 0. The highest BCUT2D eigenvalue weighted by molar-refractivity contribution is 5.96. The summed E-state index contributed by atoms with van der Waals surface area (Å²) in [6.07, 6.45) is 16.8. The monoisotopic (exact) mass is 1100 g/mol. The summed E-state index contributed by atoms with van der Waals surface area (Å²) < 4.78 is 0. The molecule has 6 aliphatic rings. The van der Waals surface area contributed by atoms with Gasteiger partial charge in [0.2, 0.25) is 47.3 Å². The van der Waals surface area contributed by atoms with Crippen LogP contribution < -0.4 is 31.9 Å². The number of amides is 8. The molecule has 2 saturated carbocycles. The number of unbranched alkanes of at least 4 members (excludes halogenated alkanes) is 5. The highest BCUT2D eigenvalue weighted by atomic mass is 16.2. The van der Waals surface area contributed by atoms with Crippen LogP contribution in [0, 0.1) is 0 Å². The van der Waals surface area contributed by atoms with Crippen LogP contribution in [0.25, 0.3) is 0 Å². The fourth-order valence-electron chi connectivity index (χ4n) is 13.7. The predicted octanol–water partition coefficient (Wildman–Crippen LogP) is 5.16. The average Bonchev–Trinajstić information content (AvgIpc) is 4.20. The van der Waals surface area contributed by atoms with Gasteiger partial charge in [0.25, 0.3) is 0 Å². The van der Waals surface area contributed by atoms with Gasteiger partial charge in [0, 0.05) is 75.0 Å². The molecule has 6 fully saturated rings. The standard InChI is InChI=1S/C62H92N10O8/c1-41(63-3)57(75)67-51-39-69(37-35-45-31-33-53(71(45)61(51)79)59(77)65-49-27-19-17-25-47(49)43-21-11-9-12-22-43)55(73)29-15-7-5-6-8-16-30-56(74)70-38-36-46-32-34-54(72(46)62(80)52(40-70)68-58(76)42(2)64-4)60(78)66-50-28-20-18-26-48(50)44-23-13-10-14-24-44/h9-14,21-24,41-42,45-54,63-64H,5-8,15-20,25-40H2,1-4H3,(H,65,77)(H,66,78)(H,67,75)(H,68,76)/t41-,42-,45+,46+,47+,48+,49-,50-,51-,52-,53-,54-/m0/s1. The Morgan fingerprint density at radius 3 is 1.24 bits per heavy atom. The minimum absolute atomic E-state index is 0.0262. The lowest BCUT2D eigenvalue weighted by Gasteiger charge is -2.40. The second-order valence-electron chi connectivity index (χ2n) is 23.8. The van der Waals surface area contributed by atoms with E-state index in [1.54, 1.807) is 47.5 Å². The minimum atomic E-state index is -0.998. The van der Waals surface area contributed by atoms with Crippen LogP contribution in [0.3, 0.4) is 0 Å². The molecule has 2 aromatic carbocycles. The highest BCUT2D eigenvalue weighted by Crippen LogP contribution is 2.37. The lowest BCUT2D eigenvalue weighted by atomic mass is 9.80. The molecule has 2 aromatic rings. The van der Waals surface area contributed by atoms with E-state index in [1.807, 2.05) is 36.4 Å². The Kier molecular flexibility index (Phi) is 22.0. The lowest BCUT2D eigenvalue weighted by Crippen LogP contribution is -2.62. The number of hydrogen-bond acceptors (Lipinski definition) is 10. The molecule has 0 radical (unpaired) electrons. The van der Waals surface area contributed by atoms with E-state index >= 15 is 0 Å². The van der Waals surface area contributed by atoms with E-state index in [-0.39, 0.29) is 96.4 Å². The summed E-state index contributed by atoms with van der Waals surface area (Å²) in [7, 11) is 3.36. The van der Waals surface area contributed by atoms with E-state index in [4.69, 9.17) is 0 Å². The van der Waals surface area contributed by atoms with Crippen molar-refractivity contribution in [3.05, 3.63) is 71.8 Å². The normalized spacial score (nSPS) is 28.0. The zero-order valence-corrected chi connectivity index (χ0v) is 48.1. The van der Waals surface area contributed by atoms with E-state index < -0.39 is 36.3 Å². The third kappa shape index (κ3) is 15.2. The molecule has 0 bridgehead atoms. The molecule has 2 aliphatic carbocycles. The number of nitrogens with one attached hydrogen (secondary N) is 6. The van der Waals surface area contributed by atoms with Gasteiger partial charge >= 0.3 is 0 Å². The number of benzene rings is 2. The summed E-state index contributed by atoms with van der Waals surface area (Å²) in [6.45, 7) is 4.34. The van der Waals surface area contributed by atoms with Gasteiger partial charge in [0.05, 0.1) is 12.1 Å². The Hall–Kier alpha value is -5.88. The van der Waals surface area contributed by atoms with Gasteiger partial charge in [-0.2, -0.15) is 0 Å². The molecular formula is C62H92N10O8. The van der Waals surface area contributed by atoms with Crippen LogP contribution in [-0.4, -0.2) is 168 Å². The van der Waals surface area contributed by atoms with Crippen LogP contribution in [0.4, 0.5) is 0 Å². The van der Waals surface area contributed by atoms with Crippen molar-refractivity contribution in [2.45, 2.75) is 227 Å². The van der Waals surface area contributed by atoms with Crippen LogP contribution in [-0.2, 0) is 38.4 Å². The first-order valence-electron chi connectivity index (χ1n) is 30.6. The van der Waals surface area contributed by atoms with Crippen molar-refractivity contribution in [1.82, 2.24) is 51.5 Å². The van der Waals surface area contributed by atoms with Gasteiger partial charge in [0.1, 0.15) is 24.2 Å². The van der Waals surface area contributed by atoms with Crippen LogP contribution in [0.2, 0.25) is 0 Å². The second-order valence-corrected chi connectivity index (χ2v) is 23.8. The molecular weight excluding hydrogens is 1010 g/mol. The Morgan fingerprint density at radius 2 is 0.850 bits per heavy atom. The number of carbonyl (C=O) groups excluding carboxylic acids is 8. The minimum Gasteiger partial charge on any atom is -0.351 e. The maximum Gasteiger partial charge on any atom is 0.247 e. The molecule has 0 spiro atoms. The van der Waals surface area contributed by atoms with Crippen LogP contribution in [0.5, 0.6) is 0 Å². The molecule has 4 heterocycles. The molecule has 6 N–H and O–H groups in total. The van der Waals surface area contributed by atoms with Gasteiger partial charge in [-0.3, -0.25) is 38.4 Å². The van der Waals surface area contributed by atoms with Crippen LogP contribution in [0.1, 0.15) is 178 Å². The van der Waals surface area contributed by atoms with Gasteiger partial charge in [-0.15, -0.1) is 0 Å². The van der Waals surface area contributed by atoms with Crippen LogP contribution in [0.15, 0.2) is 60.7 Å². The first-order valence-corrected chi connectivity index (χ1v) is 30.6. The predicted molar refractivity (Wildman–Crippen MR) is 307 cm³/mol. The number of rotatable bonds is 21. The average molecular weight is 1110 g/mol. The van der Waals surface area contributed by atoms with Gasteiger partial charge in [0.15, 0.2) is 0 Å². The Balaban J connectivity index is 0.798. The van der Waals surface area contributed by atoms with Gasteiger partial charge in [-0.25, -0.2) is 0 Å². The topological polar surface area (TPSA) is 222 Å². The fourth-order valence-corrected chi connectivity index (χ4v) is 13.7. The Labute approximate surface area is 474 Å². The van der Waals surface area contributed by atoms with E-state index in [2.05, 4.69) is 56.2 Å². The maximum atomic E-state index is 14.6. The summed E-state index contributed by atoms with van der Waals surface area (Å²) in [5.74, 6) is -1.35. The molecule has 80 heavy (non-hydrogen) atoms. The molecule has 0 unspecified atom stereocenters. The summed E-state index contributed by atoms with van der Waals surface area (Å²) in [4.78, 5) is 119. The van der Waals surface area contributed by atoms with E-state index in [9.17, 15) is 38.4 Å². The number of nitrogens with zero attached hydrogens (tertiary/aromatic N) is 4. The van der Waals surface area contributed by atoms with Crippen molar-refractivity contribution in [1.29, 1.82) is 0 Å². The van der Waals surface area contributed by atoms with E-state index in [0.717, 1.165) is 77.0 Å². The quantitative estimate of drug-likeness (QED) is 0.0902. The van der Waals surface area contributed by atoms with Crippen molar-refractivity contribution in [2.75, 3.05) is 40.3 Å². The smallest absolute Gasteiger partial charge is 0.247 e. The number of likely N-dealkylation sites (N-methyl/N-ethyl adjacent to an activating group) is 2. The van der Waals surface area contributed by atoms with Gasteiger partial charge in [-0.1, -0.05) is 112 Å². The third-order valence-electron chi connectivity index (χ3n) is 18.7. The maximum absolute atomic E-state index is 14.6. The lowest BCUT2D eigenvalue weighted by molar-refractivity contribution is -0.147. The largest absolute Gasteiger partial charge is 0.351 e. The van der Waals surface area contributed by atoms with Crippen molar-refractivity contribution < 1.29 is 38.4 Å². The van der Waals surface area contributed by atoms with Gasteiger partial charge in [-0.05, 0) is 116 Å². The Morgan fingerprint density at radius 1 is 0.475 bits per heavy atom. The highest BCUT2D eigenvalue weighted by Gasteiger charge is 2.48. The summed E-state index contributed by atoms with van der Waals surface area (Å²) in [5.41, 5.74) is 2.43. The molecule has 12 atom stereocenters.